The molecule has 1 amide bonds. The van der Waals surface area contributed by atoms with Gasteiger partial charge in [-0.1, -0.05) is 6.92 Å². The van der Waals surface area contributed by atoms with E-state index in [-0.39, 0.29) is 5.91 Å². The van der Waals surface area contributed by atoms with E-state index in [1.54, 1.807) is 10.9 Å². The van der Waals surface area contributed by atoms with E-state index < -0.39 is 6.04 Å². The molecule has 0 bridgehead atoms. The maximum absolute atomic E-state index is 11.3. The van der Waals surface area contributed by atoms with Crippen molar-refractivity contribution in [2.45, 2.75) is 32.9 Å². The van der Waals surface area contributed by atoms with Crippen LogP contribution in [0.3, 0.4) is 0 Å². The van der Waals surface area contributed by atoms with Crippen LogP contribution in [0, 0.1) is 6.92 Å². The molecule has 0 spiro atoms. The Kier molecular flexibility index (Phi) is 4.30. The Bertz CT molecular complexity index is 321. The Morgan fingerprint density at radius 1 is 1.73 bits per heavy atom. The first-order chi connectivity index (χ1) is 7.13. The summed E-state index contributed by atoms with van der Waals surface area (Å²) in [5.41, 5.74) is 6.68. The van der Waals surface area contributed by atoms with Gasteiger partial charge in [-0.25, -0.2) is 0 Å². The van der Waals surface area contributed by atoms with E-state index in [4.69, 9.17) is 5.73 Å². The van der Waals surface area contributed by atoms with E-state index in [2.05, 4.69) is 10.4 Å². The van der Waals surface area contributed by atoms with Crippen LogP contribution in [0.25, 0.3) is 0 Å². The van der Waals surface area contributed by atoms with E-state index >= 15 is 0 Å². The lowest BCUT2D eigenvalue weighted by Crippen LogP contribution is -2.41. The summed E-state index contributed by atoms with van der Waals surface area (Å²) in [4.78, 5) is 11.3. The number of rotatable bonds is 5. The van der Waals surface area contributed by atoms with Crippen LogP contribution in [0.15, 0.2) is 12.4 Å². The summed E-state index contributed by atoms with van der Waals surface area (Å²) in [7, 11) is 0. The third-order valence-electron chi connectivity index (χ3n) is 2.18. The van der Waals surface area contributed by atoms with E-state index in [1.807, 2.05) is 20.0 Å². The van der Waals surface area contributed by atoms with Crippen LogP contribution in [-0.2, 0) is 11.3 Å². The fourth-order valence-electron chi connectivity index (χ4n) is 1.20. The van der Waals surface area contributed by atoms with E-state index in [1.165, 1.54) is 0 Å². The van der Waals surface area contributed by atoms with Gasteiger partial charge in [0.1, 0.15) is 0 Å². The van der Waals surface area contributed by atoms with Crippen molar-refractivity contribution in [2.75, 3.05) is 6.54 Å². The topological polar surface area (TPSA) is 72.9 Å². The van der Waals surface area contributed by atoms with Gasteiger partial charge in [0.15, 0.2) is 0 Å². The average Bonchev–Trinajstić information content (AvgIpc) is 2.63. The second kappa shape index (κ2) is 5.50. The lowest BCUT2D eigenvalue weighted by molar-refractivity contribution is -0.122. The minimum absolute atomic E-state index is 0.0959. The summed E-state index contributed by atoms with van der Waals surface area (Å²) >= 11 is 0. The van der Waals surface area contributed by atoms with Crippen molar-refractivity contribution in [3.63, 3.8) is 0 Å². The lowest BCUT2D eigenvalue weighted by atomic mass is 10.2. The van der Waals surface area contributed by atoms with Crippen molar-refractivity contribution in [3.8, 4) is 0 Å². The van der Waals surface area contributed by atoms with Gasteiger partial charge in [-0.15, -0.1) is 0 Å². The highest BCUT2D eigenvalue weighted by atomic mass is 16.2. The fraction of sp³-hybridized carbons (Fsp3) is 0.600. The van der Waals surface area contributed by atoms with E-state index in [9.17, 15) is 4.79 Å². The van der Waals surface area contributed by atoms with Gasteiger partial charge in [0.25, 0.3) is 0 Å². The second-order valence-electron chi connectivity index (χ2n) is 3.59. The first-order valence-corrected chi connectivity index (χ1v) is 5.16. The van der Waals surface area contributed by atoms with Crippen LogP contribution in [0.5, 0.6) is 0 Å². The van der Waals surface area contributed by atoms with Crippen molar-refractivity contribution < 1.29 is 4.79 Å². The number of nitrogens with two attached hydrogens (primary N) is 1. The van der Waals surface area contributed by atoms with Crippen molar-refractivity contribution in [1.29, 1.82) is 0 Å². The molecule has 0 aliphatic heterocycles. The zero-order valence-corrected chi connectivity index (χ0v) is 9.23. The molecule has 1 rings (SSSR count). The number of hydrogen-bond donors (Lipinski definition) is 2. The lowest BCUT2D eigenvalue weighted by Gasteiger charge is -2.09. The van der Waals surface area contributed by atoms with Gasteiger partial charge in [-0.2, -0.15) is 5.10 Å². The molecule has 1 heterocycles. The molecule has 15 heavy (non-hydrogen) atoms. The molecule has 0 aliphatic carbocycles. The highest BCUT2D eigenvalue weighted by molar-refractivity contribution is 5.81. The predicted molar refractivity (Wildman–Crippen MR) is 58.2 cm³/mol. The molecule has 1 aromatic heterocycles. The van der Waals surface area contributed by atoms with Gasteiger partial charge >= 0.3 is 0 Å². The average molecular weight is 210 g/mol. The number of carbonyl (C=O) groups excluding carboxylic acids is 1. The number of nitrogens with one attached hydrogen (secondary N) is 1. The standard InChI is InChI=1S/C10H18N4O/c1-3-9(11)10(15)12-4-5-14-7-8(2)6-13-14/h6-7,9H,3-5,11H2,1-2H3,(H,12,15)/t9-/m1/s1. The minimum atomic E-state index is -0.399. The third-order valence-corrected chi connectivity index (χ3v) is 2.18. The molecule has 1 atom stereocenters. The van der Waals surface area contributed by atoms with Crippen molar-refractivity contribution >= 4 is 5.91 Å². The van der Waals surface area contributed by atoms with Crippen LogP contribution in [0.1, 0.15) is 18.9 Å². The highest BCUT2D eigenvalue weighted by Crippen LogP contribution is 1.93. The summed E-state index contributed by atoms with van der Waals surface area (Å²) < 4.78 is 1.80. The molecule has 84 valence electrons. The van der Waals surface area contributed by atoms with Gasteiger partial charge in [0, 0.05) is 12.7 Å². The Morgan fingerprint density at radius 2 is 2.47 bits per heavy atom. The molecule has 1 aromatic rings. The summed E-state index contributed by atoms with van der Waals surface area (Å²) in [6, 6.07) is -0.399. The normalized spacial score (nSPS) is 12.5. The van der Waals surface area contributed by atoms with Crippen molar-refractivity contribution in [2.24, 2.45) is 5.73 Å². The third kappa shape index (κ3) is 3.71. The monoisotopic (exact) mass is 210 g/mol. The summed E-state index contributed by atoms with van der Waals surface area (Å²) in [5.74, 6) is -0.0959. The zero-order valence-electron chi connectivity index (χ0n) is 9.23. The highest BCUT2D eigenvalue weighted by Gasteiger charge is 2.09. The van der Waals surface area contributed by atoms with Gasteiger partial charge in [0.05, 0.1) is 18.8 Å². The van der Waals surface area contributed by atoms with Gasteiger partial charge in [-0.3, -0.25) is 9.48 Å². The van der Waals surface area contributed by atoms with Crippen LogP contribution in [-0.4, -0.2) is 28.3 Å². The molecular formula is C10H18N4O. The quantitative estimate of drug-likeness (QED) is 0.721. The molecule has 5 heteroatoms. The van der Waals surface area contributed by atoms with Gasteiger partial charge < -0.3 is 11.1 Å². The van der Waals surface area contributed by atoms with Crippen LogP contribution in [0.4, 0.5) is 0 Å². The number of aromatic nitrogens is 2. The molecular weight excluding hydrogens is 192 g/mol. The zero-order chi connectivity index (χ0) is 11.3. The molecule has 0 aliphatic rings. The first-order valence-electron chi connectivity index (χ1n) is 5.16. The molecule has 0 unspecified atom stereocenters. The predicted octanol–water partition coefficient (Wildman–Crippen LogP) is 0.0450. The fourth-order valence-corrected chi connectivity index (χ4v) is 1.20. The van der Waals surface area contributed by atoms with E-state index in [0.717, 1.165) is 5.56 Å². The molecule has 0 saturated carbocycles. The molecule has 0 radical (unpaired) electrons. The van der Waals surface area contributed by atoms with Crippen LogP contribution < -0.4 is 11.1 Å². The number of carbonyl (C=O) groups is 1. The Labute approximate surface area is 89.6 Å². The maximum atomic E-state index is 11.3. The Balaban J connectivity index is 2.24. The Hall–Kier alpha value is -1.36. The van der Waals surface area contributed by atoms with E-state index in [0.29, 0.717) is 19.5 Å². The summed E-state index contributed by atoms with van der Waals surface area (Å²) in [5, 5.41) is 6.88. The minimum Gasteiger partial charge on any atom is -0.353 e. The van der Waals surface area contributed by atoms with Gasteiger partial charge in [0.2, 0.25) is 5.91 Å². The molecule has 0 fully saturated rings. The maximum Gasteiger partial charge on any atom is 0.236 e. The largest absolute Gasteiger partial charge is 0.353 e. The van der Waals surface area contributed by atoms with Crippen molar-refractivity contribution in [3.05, 3.63) is 18.0 Å². The molecule has 0 aromatic carbocycles. The number of hydrogen-bond acceptors (Lipinski definition) is 3. The number of nitrogens with zero attached hydrogens (tertiary/aromatic N) is 2. The molecule has 3 N–H and O–H groups in total. The van der Waals surface area contributed by atoms with Crippen LogP contribution in [0.2, 0.25) is 0 Å². The SMILES string of the molecule is CC[C@@H](N)C(=O)NCCn1cc(C)cn1. The second-order valence-corrected chi connectivity index (χ2v) is 3.59. The smallest absolute Gasteiger partial charge is 0.236 e. The Morgan fingerprint density at radius 3 is 3.00 bits per heavy atom. The molecule has 5 nitrogen and oxygen atoms in total. The van der Waals surface area contributed by atoms with Crippen LogP contribution >= 0.6 is 0 Å². The first kappa shape index (κ1) is 11.7. The summed E-state index contributed by atoms with van der Waals surface area (Å²) in [6.07, 6.45) is 4.39. The van der Waals surface area contributed by atoms with Gasteiger partial charge in [-0.05, 0) is 18.9 Å². The van der Waals surface area contributed by atoms with Crippen molar-refractivity contribution in [1.82, 2.24) is 15.1 Å². The number of amides is 1. The molecule has 0 saturated heterocycles. The number of aryl methyl sites for hydroxylation is 1. The summed E-state index contributed by atoms with van der Waals surface area (Å²) in [6.45, 7) is 5.11.